The summed E-state index contributed by atoms with van der Waals surface area (Å²) in [5, 5.41) is 6.78. The number of nitrogens with one attached hydrogen (secondary N) is 2. The summed E-state index contributed by atoms with van der Waals surface area (Å²) in [5.41, 5.74) is 1.36. The molecule has 0 saturated carbocycles. The van der Waals surface area contributed by atoms with Crippen LogP contribution in [0.1, 0.15) is 38.2 Å². The molecule has 0 aromatic heterocycles. The van der Waals surface area contributed by atoms with Crippen molar-refractivity contribution in [1.82, 2.24) is 15.5 Å². The first-order valence-electron chi connectivity index (χ1n) is 9.35. The Kier molecular flexibility index (Phi) is 15.8. The number of nitrogens with zero attached hydrogens (tertiary/aromatic N) is 2. The molecule has 2 N–H and O–H groups in total. The largest absolute Gasteiger partial charge is 0.385 e. The van der Waals surface area contributed by atoms with Crippen LogP contribution in [0, 0.1) is 0 Å². The number of methoxy groups -OCH3 is 1. The molecule has 6 heteroatoms. The van der Waals surface area contributed by atoms with Crippen molar-refractivity contribution in [3.63, 3.8) is 0 Å². The molecule has 1 aromatic carbocycles. The minimum absolute atomic E-state index is 0. The van der Waals surface area contributed by atoms with Crippen LogP contribution in [0.5, 0.6) is 0 Å². The molecule has 0 heterocycles. The first-order valence-corrected chi connectivity index (χ1v) is 9.35. The SMILES string of the molecule is CN=C(NCCCCCOC)NCCC(C)N(C)Cc1ccccc1.I. The van der Waals surface area contributed by atoms with Gasteiger partial charge in [0, 0.05) is 46.4 Å². The van der Waals surface area contributed by atoms with Gasteiger partial charge in [0.15, 0.2) is 5.96 Å². The molecule has 26 heavy (non-hydrogen) atoms. The Bertz CT molecular complexity index is 470. The minimum atomic E-state index is 0. The third kappa shape index (κ3) is 11.7. The van der Waals surface area contributed by atoms with E-state index in [0.29, 0.717) is 6.04 Å². The van der Waals surface area contributed by atoms with Crippen molar-refractivity contribution in [3.8, 4) is 0 Å². The average Bonchev–Trinajstić information content (AvgIpc) is 2.63. The Labute approximate surface area is 177 Å². The van der Waals surface area contributed by atoms with Gasteiger partial charge < -0.3 is 15.4 Å². The van der Waals surface area contributed by atoms with Crippen molar-refractivity contribution in [3.05, 3.63) is 35.9 Å². The zero-order valence-corrected chi connectivity index (χ0v) is 19.2. The van der Waals surface area contributed by atoms with Crippen LogP contribution in [0.25, 0.3) is 0 Å². The summed E-state index contributed by atoms with van der Waals surface area (Å²) in [5.74, 6) is 0.893. The normalized spacial score (nSPS) is 12.6. The Morgan fingerprint density at radius 3 is 2.46 bits per heavy atom. The summed E-state index contributed by atoms with van der Waals surface area (Å²) in [6, 6.07) is 11.1. The molecule has 0 amide bonds. The molecule has 1 atom stereocenters. The van der Waals surface area contributed by atoms with Gasteiger partial charge in [0.05, 0.1) is 0 Å². The lowest BCUT2D eigenvalue weighted by Crippen LogP contribution is -2.40. The summed E-state index contributed by atoms with van der Waals surface area (Å²) in [7, 11) is 5.76. The fourth-order valence-electron chi connectivity index (χ4n) is 2.62. The fourth-order valence-corrected chi connectivity index (χ4v) is 2.62. The van der Waals surface area contributed by atoms with Crippen molar-refractivity contribution >= 4 is 29.9 Å². The maximum Gasteiger partial charge on any atom is 0.190 e. The van der Waals surface area contributed by atoms with Crippen molar-refractivity contribution in [2.75, 3.05) is 40.9 Å². The van der Waals surface area contributed by atoms with E-state index in [1.54, 1.807) is 7.11 Å². The lowest BCUT2D eigenvalue weighted by atomic mass is 10.1. The van der Waals surface area contributed by atoms with E-state index < -0.39 is 0 Å². The van der Waals surface area contributed by atoms with Gasteiger partial charge in [-0.25, -0.2) is 0 Å². The molecule has 1 unspecified atom stereocenters. The Morgan fingerprint density at radius 2 is 1.81 bits per heavy atom. The van der Waals surface area contributed by atoms with Crippen molar-refractivity contribution in [2.45, 2.75) is 45.2 Å². The van der Waals surface area contributed by atoms with Crippen LogP contribution in [0.2, 0.25) is 0 Å². The molecule has 0 spiro atoms. The number of rotatable bonds is 12. The first kappa shape index (κ1) is 25.1. The molecule has 0 fully saturated rings. The Hall–Kier alpha value is -0.860. The molecule has 1 aromatic rings. The number of hydrogen-bond donors (Lipinski definition) is 2. The molecule has 150 valence electrons. The maximum absolute atomic E-state index is 5.06. The fraction of sp³-hybridized carbons (Fsp3) is 0.650. The van der Waals surface area contributed by atoms with Crippen LogP contribution >= 0.6 is 24.0 Å². The first-order chi connectivity index (χ1) is 12.2. The monoisotopic (exact) mass is 476 g/mol. The predicted octanol–water partition coefficient (Wildman–Crippen LogP) is 3.50. The Morgan fingerprint density at radius 1 is 1.12 bits per heavy atom. The van der Waals surface area contributed by atoms with Crippen LogP contribution in [-0.2, 0) is 11.3 Å². The number of benzene rings is 1. The van der Waals surface area contributed by atoms with E-state index in [9.17, 15) is 0 Å². The van der Waals surface area contributed by atoms with E-state index in [-0.39, 0.29) is 24.0 Å². The average molecular weight is 476 g/mol. The smallest absolute Gasteiger partial charge is 0.190 e. The summed E-state index contributed by atoms with van der Waals surface area (Å²) in [6.45, 7) is 5.98. The van der Waals surface area contributed by atoms with E-state index in [1.165, 1.54) is 12.0 Å². The van der Waals surface area contributed by atoms with Gasteiger partial charge in [-0.2, -0.15) is 0 Å². The van der Waals surface area contributed by atoms with Crippen LogP contribution in [-0.4, -0.2) is 57.8 Å². The van der Waals surface area contributed by atoms with E-state index in [0.717, 1.165) is 51.5 Å². The lowest BCUT2D eigenvalue weighted by Gasteiger charge is -2.25. The third-order valence-corrected chi connectivity index (χ3v) is 4.42. The Balaban J connectivity index is 0.00000625. The van der Waals surface area contributed by atoms with E-state index >= 15 is 0 Å². The van der Waals surface area contributed by atoms with Gasteiger partial charge in [-0.1, -0.05) is 30.3 Å². The summed E-state index contributed by atoms with van der Waals surface area (Å²) in [6.07, 6.45) is 4.52. The van der Waals surface area contributed by atoms with E-state index in [2.05, 4.69) is 64.8 Å². The van der Waals surface area contributed by atoms with Crippen molar-refractivity contribution in [2.24, 2.45) is 4.99 Å². The third-order valence-electron chi connectivity index (χ3n) is 4.42. The molecule has 0 saturated heterocycles. The molecular weight excluding hydrogens is 439 g/mol. The van der Waals surface area contributed by atoms with E-state index in [1.807, 2.05) is 7.05 Å². The van der Waals surface area contributed by atoms with Gasteiger partial charge in [-0.3, -0.25) is 9.89 Å². The number of hydrogen-bond acceptors (Lipinski definition) is 3. The van der Waals surface area contributed by atoms with Gasteiger partial charge in [-0.15, -0.1) is 24.0 Å². The summed E-state index contributed by atoms with van der Waals surface area (Å²) >= 11 is 0. The highest BCUT2D eigenvalue weighted by Gasteiger charge is 2.09. The number of unbranched alkanes of at least 4 members (excludes halogenated alkanes) is 2. The zero-order chi connectivity index (χ0) is 18.3. The number of halogens is 1. The quantitative estimate of drug-likeness (QED) is 0.210. The second-order valence-electron chi connectivity index (χ2n) is 6.52. The second-order valence-corrected chi connectivity index (χ2v) is 6.52. The maximum atomic E-state index is 5.06. The number of aliphatic imine (C=N–C) groups is 1. The van der Waals surface area contributed by atoms with Crippen LogP contribution in [0.4, 0.5) is 0 Å². The van der Waals surface area contributed by atoms with Crippen LogP contribution in [0.3, 0.4) is 0 Å². The highest BCUT2D eigenvalue weighted by molar-refractivity contribution is 14.0. The zero-order valence-electron chi connectivity index (χ0n) is 16.8. The molecule has 0 aliphatic rings. The van der Waals surface area contributed by atoms with Crippen LogP contribution in [0.15, 0.2) is 35.3 Å². The molecular formula is C20H37IN4O. The van der Waals surface area contributed by atoms with Crippen LogP contribution < -0.4 is 10.6 Å². The highest BCUT2D eigenvalue weighted by Crippen LogP contribution is 2.07. The van der Waals surface area contributed by atoms with E-state index in [4.69, 9.17) is 4.74 Å². The molecule has 1 rings (SSSR count). The summed E-state index contributed by atoms with van der Waals surface area (Å²) < 4.78 is 5.06. The van der Waals surface area contributed by atoms with Gasteiger partial charge in [0.25, 0.3) is 0 Å². The lowest BCUT2D eigenvalue weighted by molar-refractivity contribution is 0.192. The summed E-state index contributed by atoms with van der Waals surface area (Å²) in [4.78, 5) is 6.68. The van der Waals surface area contributed by atoms with Gasteiger partial charge in [-0.05, 0) is 45.2 Å². The molecule has 0 aliphatic carbocycles. The molecule has 0 bridgehead atoms. The standard InChI is InChI=1S/C20H36N4O.HI/c1-18(24(3)17-19-11-7-5-8-12-19)13-15-23-20(21-2)22-14-9-6-10-16-25-4;/h5,7-8,11-12,18H,6,9-10,13-17H2,1-4H3,(H2,21,22,23);1H. The number of guanidine groups is 1. The van der Waals surface area contributed by atoms with Gasteiger partial charge >= 0.3 is 0 Å². The molecule has 5 nitrogen and oxygen atoms in total. The van der Waals surface area contributed by atoms with Gasteiger partial charge in [0.1, 0.15) is 0 Å². The molecule has 0 aliphatic heterocycles. The van der Waals surface area contributed by atoms with Crippen molar-refractivity contribution in [1.29, 1.82) is 0 Å². The second kappa shape index (κ2) is 16.3. The molecule has 0 radical (unpaired) electrons. The number of ether oxygens (including phenoxy) is 1. The topological polar surface area (TPSA) is 48.9 Å². The minimum Gasteiger partial charge on any atom is -0.385 e. The van der Waals surface area contributed by atoms with Gasteiger partial charge in [0.2, 0.25) is 0 Å². The highest BCUT2D eigenvalue weighted by atomic mass is 127. The predicted molar refractivity (Wildman–Crippen MR) is 122 cm³/mol. The van der Waals surface area contributed by atoms with Crippen molar-refractivity contribution < 1.29 is 4.74 Å².